The summed E-state index contributed by atoms with van der Waals surface area (Å²) in [5, 5.41) is 2.71. The highest BCUT2D eigenvalue weighted by molar-refractivity contribution is 7.16. The van der Waals surface area contributed by atoms with Gasteiger partial charge in [0, 0.05) is 0 Å². The molecular formula is C12H10N4O2S. The van der Waals surface area contributed by atoms with Gasteiger partial charge in [-0.05, 0) is 17.9 Å². The summed E-state index contributed by atoms with van der Waals surface area (Å²) in [6.45, 7) is 0.128. The first kappa shape index (κ1) is 10.9. The van der Waals surface area contributed by atoms with E-state index in [1.807, 2.05) is 11.4 Å². The molecule has 1 saturated heterocycles. The lowest BCUT2D eigenvalue weighted by atomic mass is 10.3. The number of carbonyl (C=O) groups is 2. The van der Waals surface area contributed by atoms with Crippen LogP contribution in [0.1, 0.15) is 12.2 Å². The highest BCUT2D eigenvalue weighted by Gasteiger charge is 2.58. The monoisotopic (exact) mass is 274 g/mol. The van der Waals surface area contributed by atoms with Crippen molar-refractivity contribution in [1.29, 1.82) is 0 Å². The van der Waals surface area contributed by atoms with Crippen LogP contribution in [0, 0.1) is 11.8 Å². The minimum absolute atomic E-state index is 0.0877. The summed E-state index contributed by atoms with van der Waals surface area (Å²) in [7, 11) is 0. The number of nitrogen functional groups attached to an aromatic ring is 1. The Hall–Kier alpha value is -2.02. The van der Waals surface area contributed by atoms with Crippen LogP contribution in [0.15, 0.2) is 11.4 Å². The Kier molecular flexibility index (Phi) is 2.00. The van der Waals surface area contributed by atoms with Crippen molar-refractivity contribution in [3.8, 4) is 0 Å². The van der Waals surface area contributed by atoms with Crippen molar-refractivity contribution in [2.45, 2.75) is 13.0 Å². The molecule has 2 aliphatic rings. The quantitative estimate of drug-likeness (QED) is 0.817. The normalized spacial score (nSPS) is 25.2. The molecule has 1 aliphatic carbocycles. The fraction of sp³-hybridized carbons (Fsp3) is 0.333. The van der Waals surface area contributed by atoms with Crippen molar-refractivity contribution in [3.05, 3.63) is 17.3 Å². The number of amides is 2. The largest absolute Gasteiger partial charge is 0.383 e. The van der Waals surface area contributed by atoms with Gasteiger partial charge in [-0.15, -0.1) is 11.3 Å². The molecule has 0 spiro atoms. The second-order valence-electron chi connectivity index (χ2n) is 4.88. The molecule has 1 saturated carbocycles. The molecule has 2 N–H and O–H groups in total. The van der Waals surface area contributed by atoms with Gasteiger partial charge in [0.15, 0.2) is 5.82 Å². The van der Waals surface area contributed by atoms with Gasteiger partial charge in [0.2, 0.25) is 11.8 Å². The van der Waals surface area contributed by atoms with Gasteiger partial charge in [0.25, 0.3) is 0 Å². The number of imide groups is 1. The van der Waals surface area contributed by atoms with Gasteiger partial charge >= 0.3 is 0 Å². The molecule has 6 nitrogen and oxygen atoms in total. The Labute approximate surface area is 112 Å². The van der Waals surface area contributed by atoms with Crippen LogP contribution in [0.25, 0.3) is 10.2 Å². The Morgan fingerprint density at radius 3 is 2.79 bits per heavy atom. The Balaban J connectivity index is 1.68. The zero-order chi connectivity index (χ0) is 13.1. The van der Waals surface area contributed by atoms with Crippen LogP contribution in [-0.2, 0) is 16.1 Å². The number of nitrogens with zero attached hydrogens (tertiary/aromatic N) is 3. The molecule has 3 heterocycles. The van der Waals surface area contributed by atoms with Crippen LogP contribution in [0.4, 0.5) is 5.82 Å². The summed E-state index contributed by atoms with van der Waals surface area (Å²) < 4.78 is 0. The van der Waals surface area contributed by atoms with E-state index >= 15 is 0 Å². The van der Waals surface area contributed by atoms with E-state index in [4.69, 9.17) is 5.73 Å². The summed E-state index contributed by atoms with van der Waals surface area (Å²) in [4.78, 5) is 34.3. The maximum Gasteiger partial charge on any atom is 0.233 e. The first-order chi connectivity index (χ1) is 9.15. The molecule has 2 unspecified atom stereocenters. The number of hydrogen-bond acceptors (Lipinski definition) is 6. The van der Waals surface area contributed by atoms with Gasteiger partial charge in [-0.1, -0.05) is 0 Å². The van der Waals surface area contributed by atoms with Gasteiger partial charge in [-0.25, -0.2) is 9.97 Å². The van der Waals surface area contributed by atoms with Crippen LogP contribution in [-0.4, -0.2) is 26.7 Å². The van der Waals surface area contributed by atoms with E-state index < -0.39 is 0 Å². The van der Waals surface area contributed by atoms with E-state index in [2.05, 4.69) is 9.97 Å². The van der Waals surface area contributed by atoms with Gasteiger partial charge in [0.1, 0.15) is 10.6 Å². The standard InChI is InChI=1S/C12H10N4O2S/c13-9-5-1-2-19-10(5)15-8(14-9)4-16-11(17)6-3-7(6)12(16)18/h1-2,6-7H,3-4H2,(H2,13,14,15). The minimum Gasteiger partial charge on any atom is -0.383 e. The zero-order valence-electron chi connectivity index (χ0n) is 9.87. The lowest BCUT2D eigenvalue weighted by Crippen LogP contribution is -2.33. The molecule has 96 valence electrons. The molecule has 1 aliphatic heterocycles. The van der Waals surface area contributed by atoms with E-state index in [1.54, 1.807) is 0 Å². The molecule has 7 heteroatoms. The number of thiophene rings is 1. The number of piperidine rings is 1. The van der Waals surface area contributed by atoms with Crippen LogP contribution >= 0.6 is 11.3 Å². The molecule has 2 aromatic heterocycles. The van der Waals surface area contributed by atoms with E-state index in [0.29, 0.717) is 18.1 Å². The zero-order valence-corrected chi connectivity index (χ0v) is 10.7. The highest BCUT2D eigenvalue weighted by atomic mass is 32.1. The van der Waals surface area contributed by atoms with Crippen molar-refractivity contribution in [1.82, 2.24) is 14.9 Å². The van der Waals surface area contributed by atoms with Crippen molar-refractivity contribution < 1.29 is 9.59 Å². The first-order valence-corrected chi connectivity index (χ1v) is 6.88. The smallest absolute Gasteiger partial charge is 0.233 e. The number of anilines is 1. The summed E-state index contributed by atoms with van der Waals surface area (Å²) in [5.41, 5.74) is 5.85. The molecule has 4 rings (SSSR count). The van der Waals surface area contributed by atoms with Crippen molar-refractivity contribution in [2.75, 3.05) is 5.73 Å². The lowest BCUT2D eigenvalue weighted by Gasteiger charge is -2.15. The maximum absolute atomic E-state index is 11.9. The molecule has 0 aromatic carbocycles. The number of hydrogen-bond donors (Lipinski definition) is 1. The van der Waals surface area contributed by atoms with Gasteiger partial charge in [0.05, 0.1) is 23.8 Å². The topological polar surface area (TPSA) is 89.2 Å². The molecule has 2 atom stereocenters. The van der Waals surface area contributed by atoms with Crippen LogP contribution in [0.2, 0.25) is 0 Å². The van der Waals surface area contributed by atoms with Crippen LogP contribution < -0.4 is 5.73 Å². The molecular weight excluding hydrogens is 264 g/mol. The number of rotatable bonds is 2. The third-order valence-electron chi connectivity index (χ3n) is 3.66. The predicted octanol–water partition coefficient (Wildman–Crippen LogP) is 0.778. The second-order valence-corrected chi connectivity index (χ2v) is 5.77. The van der Waals surface area contributed by atoms with Gasteiger partial charge < -0.3 is 5.73 Å². The fourth-order valence-corrected chi connectivity index (χ4v) is 3.33. The van der Waals surface area contributed by atoms with E-state index in [9.17, 15) is 9.59 Å². The van der Waals surface area contributed by atoms with Crippen LogP contribution in [0.5, 0.6) is 0 Å². The summed E-state index contributed by atoms with van der Waals surface area (Å²) >= 11 is 1.46. The summed E-state index contributed by atoms with van der Waals surface area (Å²) in [6, 6.07) is 1.86. The molecule has 2 amide bonds. The number of fused-ring (bicyclic) bond motifs is 2. The molecule has 0 radical (unpaired) electrons. The minimum atomic E-state index is -0.0940. The molecule has 19 heavy (non-hydrogen) atoms. The highest BCUT2D eigenvalue weighted by Crippen LogP contribution is 2.47. The van der Waals surface area contributed by atoms with Gasteiger partial charge in [-0.2, -0.15) is 0 Å². The van der Waals surface area contributed by atoms with Crippen molar-refractivity contribution in [3.63, 3.8) is 0 Å². The average molecular weight is 274 g/mol. The molecule has 2 fully saturated rings. The number of aromatic nitrogens is 2. The summed E-state index contributed by atoms with van der Waals surface area (Å²) in [6.07, 6.45) is 0.709. The average Bonchev–Trinajstić information content (AvgIpc) is 2.98. The van der Waals surface area contributed by atoms with E-state index in [1.165, 1.54) is 16.2 Å². The van der Waals surface area contributed by atoms with Crippen molar-refractivity contribution >= 4 is 39.2 Å². The van der Waals surface area contributed by atoms with Gasteiger partial charge in [-0.3, -0.25) is 14.5 Å². The molecule has 0 bridgehead atoms. The fourth-order valence-electron chi connectivity index (χ4n) is 2.54. The number of nitrogens with two attached hydrogens (primary N) is 1. The van der Waals surface area contributed by atoms with E-state index in [-0.39, 0.29) is 30.2 Å². The summed E-state index contributed by atoms with van der Waals surface area (Å²) in [5.74, 6) is 0.457. The number of likely N-dealkylation sites (tertiary alicyclic amines) is 1. The first-order valence-electron chi connectivity index (χ1n) is 6.00. The van der Waals surface area contributed by atoms with Crippen molar-refractivity contribution in [2.24, 2.45) is 11.8 Å². The maximum atomic E-state index is 11.9. The third-order valence-corrected chi connectivity index (χ3v) is 4.46. The third kappa shape index (κ3) is 1.48. The SMILES string of the molecule is Nc1nc(CN2C(=O)C3CC3C2=O)nc2sccc12. The van der Waals surface area contributed by atoms with E-state index in [0.717, 1.165) is 10.2 Å². The second kappa shape index (κ2) is 3.51. The predicted molar refractivity (Wildman–Crippen MR) is 69.0 cm³/mol. The van der Waals surface area contributed by atoms with Crippen LogP contribution in [0.3, 0.4) is 0 Å². The lowest BCUT2D eigenvalue weighted by molar-refractivity contribution is -0.142. The Morgan fingerprint density at radius 1 is 1.32 bits per heavy atom. The number of carbonyl (C=O) groups excluding carboxylic acids is 2. The Bertz CT molecular complexity index is 706. The Morgan fingerprint density at radius 2 is 2.05 bits per heavy atom. The molecule has 2 aromatic rings.